The number of imide groups is 1. The van der Waals surface area contributed by atoms with Crippen LogP contribution in [0.5, 0.6) is 11.8 Å². The molecule has 0 radical (unpaired) electrons. The van der Waals surface area contributed by atoms with E-state index in [1.54, 1.807) is 11.6 Å². The number of phenolic OH excluding ortho intramolecular Hbond substituents is 1. The van der Waals surface area contributed by atoms with Crippen LogP contribution in [-0.2, 0) is 32.6 Å². The standard InChI is InChI=1S/C26H21F2N5O2.C23H30N4O4.CH3NO/c1-3-17-20(27)7-4-13-8-16(34)9-18(21(13)17)23-22(28)24-19(10-29-23)25(32-26(31-24)35-2)33-11-14-5-6-15(12-33)30-14;1-25-21-15(11-13-31-14-17-8-7-16-5-3-12-26(16)17)4-2-6-18(21)27(23(25)30)19-9-10-20(28)24-22(19)29;2-1-3/h1,4,7-10,14-15,30,34H,5-6,11-12H2,2H3;2,4,6,16-17,19H,3,5,7-14H2,1H3,(H,24,28,29);1H,(H2,2,3). The smallest absolute Gasteiger partial charge is 0.329 e. The van der Waals surface area contributed by atoms with E-state index in [0.717, 1.165) is 55.2 Å². The van der Waals surface area contributed by atoms with E-state index in [9.17, 15) is 23.9 Å². The first-order chi connectivity index (χ1) is 33.4. The number of amides is 3. The van der Waals surface area contributed by atoms with Gasteiger partial charge in [-0.15, -0.1) is 6.42 Å². The predicted octanol–water partition coefficient (Wildman–Crippen LogP) is 4.36. The number of piperidine rings is 1. The number of para-hydroxylation sites is 1. The second kappa shape index (κ2) is 19.9. The molecule has 5 aliphatic rings. The van der Waals surface area contributed by atoms with Crippen LogP contribution in [-0.4, -0.2) is 116 Å². The van der Waals surface area contributed by atoms with E-state index < -0.39 is 23.6 Å². The van der Waals surface area contributed by atoms with Gasteiger partial charge in [-0.2, -0.15) is 9.97 Å². The maximum absolute atomic E-state index is 16.1. The number of rotatable bonds is 9. The third-order valence-corrected chi connectivity index (χ3v) is 14.1. The number of fused-ring (bicyclic) bond motifs is 6. The number of terminal acetylenes is 1. The fourth-order valence-corrected chi connectivity index (χ4v) is 11.0. The van der Waals surface area contributed by atoms with Crippen molar-refractivity contribution in [1.29, 1.82) is 0 Å². The number of nitrogens with two attached hydrogens (primary N) is 1. The summed E-state index contributed by atoms with van der Waals surface area (Å²) < 4.78 is 45.1. The molecule has 3 amide bonds. The fraction of sp³-hybridized carbons (Fsp3) is 0.420. The van der Waals surface area contributed by atoms with Gasteiger partial charge in [-0.1, -0.05) is 24.1 Å². The van der Waals surface area contributed by atoms with Crippen molar-refractivity contribution in [2.45, 2.75) is 88.0 Å². The van der Waals surface area contributed by atoms with Crippen LogP contribution in [0.15, 0.2) is 53.5 Å². The number of halogens is 2. The van der Waals surface area contributed by atoms with E-state index in [0.29, 0.717) is 54.2 Å². The summed E-state index contributed by atoms with van der Waals surface area (Å²) in [5.74, 6) is 0.733. The minimum absolute atomic E-state index is 0.0258. The lowest BCUT2D eigenvalue weighted by Gasteiger charge is -2.34. The number of aromatic hydroxyl groups is 1. The Bertz CT molecular complexity index is 3070. The number of ether oxygens (including phenoxy) is 2. The van der Waals surface area contributed by atoms with Crippen LogP contribution in [0.25, 0.3) is 44.0 Å². The summed E-state index contributed by atoms with van der Waals surface area (Å²) in [5.41, 5.74) is 6.60. The molecule has 0 aliphatic carbocycles. The van der Waals surface area contributed by atoms with Crippen LogP contribution in [0.3, 0.4) is 0 Å². The van der Waals surface area contributed by atoms with Gasteiger partial charge in [-0.05, 0) is 93.1 Å². The van der Waals surface area contributed by atoms with E-state index >= 15 is 4.39 Å². The number of nitrogens with one attached hydrogen (secondary N) is 2. The SMILES string of the molecule is C#Cc1c(F)ccc2cc(O)cc(-c3ncc4c(N5CC6CCC(C5)N6)nc(OC)nc4c3F)c12.Cn1c(=O)n(C2CCC(=O)NC2=O)c2cccc(CCOCC3CCC4CCCN43)c21.NC=O. The zero-order valence-corrected chi connectivity index (χ0v) is 38.4. The molecule has 5 atom stereocenters. The Hall–Kier alpha value is -7.01. The molecule has 69 heavy (non-hydrogen) atoms. The third kappa shape index (κ3) is 9.07. The molecular formula is C50H54F2N10O7. The van der Waals surface area contributed by atoms with Crippen molar-refractivity contribution in [1.82, 2.24) is 39.6 Å². The van der Waals surface area contributed by atoms with E-state index in [4.69, 9.17) is 20.7 Å². The van der Waals surface area contributed by atoms with Crippen molar-refractivity contribution in [3.63, 3.8) is 0 Å². The molecule has 5 N–H and O–H groups in total. The lowest BCUT2D eigenvalue weighted by molar-refractivity contribution is -0.135. The first-order valence-corrected chi connectivity index (χ1v) is 23.3. The first kappa shape index (κ1) is 47.1. The molecule has 5 aliphatic heterocycles. The normalized spacial score (nSPS) is 21.9. The molecule has 5 unspecified atom stereocenters. The predicted molar refractivity (Wildman–Crippen MR) is 255 cm³/mol. The molecule has 3 aromatic carbocycles. The minimum atomic E-state index is -0.735. The van der Waals surface area contributed by atoms with Crippen LogP contribution in [0, 0.1) is 24.0 Å². The molecule has 360 valence electrons. The van der Waals surface area contributed by atoms with Crippen LogP contribution in [0.1, 0.15) is 68.5 Å². The number of methoxy groups -OCH3 is 1. The van der Waals surface area contributed by atoms with Crippen LogP contribution < -0.4 is 31.7 Å². The number of imidazole rings is 1. The number of anilines is 1. The van der Waals surface area contributed by atoms with Crippen LogP contribution in [0.2, 0.25) is 0 Å². The van der Waals surface area contributed by atoms with Crippen LogP contribution >= 0.6 is 0 Å². The Morgan fingerprint density at radius 2 is 1.81 bits per heavy atom. The Balaban J connectivity index is 0.000000164. The molecule has 0 spiro atoms. The van der Waals surface area contributed by atoms with Gasteiger partial charge in [0, 0.05) is 67.9 Å². The van der Waals surface area contributed by atoms with Gasteiger partial charge in [0.05, 0.1) is 42.3 Å². The number of aromatic nitrogens is 5. The highest BCUT2D eigenvalue weighted by atomic mass is 19.1. The Labute approximate surface area is 396 Å². The minimum Gasteiger partial charge on any atom is -0.508 e. The van der Waals surface area contributed by atoms with Crippen molar-refractivity contribution < 1.29 is 37.7 Å². The maximum Gasteiger partial charge on any atom is 0.329 e. The highest BCUT2D eigenvalue weighted by molar-refractivity contribution is 6.03. The van der Waals surface area contributed by atoms with Crippen molar-refractivity contribution in [3.05, 3.63) is 81.9 Å². The maximum atomic E-state index is 16.1. The Morgan fingerprint density at radius 1 is 1.03 bits per heavy atom. The van der Waals surface area contributed by atoms with Crippen molar-refractivity contribution in [3.8, 4) is 35.4 Å². The van der Waals surface area contributed by atoms with Gasteiger partial charge in [0.1, 0.15) is 34.6 Å². The molecular weight excluding hydrogens is 891 g/mol. The van der Waals surface area contributed by atoms with Crippen molar-refractivity contribution in [2.24, 2.45) is 12.8 Å². The van der Waals surface area contributed by atoms with E-state index in [1.165, 1.54) is 74.4 Å². The molecule has 0 saturated carbocycles. The van der Waals surface area contributed by atoms with Gasteiger partial charge in [0.15, 0.2) is 5.82 Å². The molecule has 17 nitrogen and oxygen atoms in total. The average Bonchev–Trinajstić information content (AvgIpc) is 4.12. The number of hydrogen-bond donors (Lipinski definition) is 4. The van der Waals surface area contributed by atoms with Gasteiger partial charge in [-0.3, -0.25) is 38.7 Å². The number of phenols is 1. The number of primary amides is 1. The molecule has 5 saturated heterocycles. The van der Waals surface area contributed by atoms with Gasteiger partial charge < -0.3 is 30.5 Å². The summed E-state index contributed by atoms with van der Waals surface area (Å²) in [5, 5.41) is 17.4. The molecule has 8 heterocycles. The zero-order chi connectivity index (χ0) is 48.5. The Kier molecular flexibility index (Phi) is 13.6. The molecule has 5 fully saturated rings. The molecule has 2 bridgehead atoms. The second-order valence-electron chi connectivity index (χ2n) is 18.1. The topological polar surface area (TPSA) is 212 Å². The largest absolute Gasteiger partial charge is 0.508 e. The number of aryl methyl sites for hydroxylation is 1. The summed E-state index contributed by atoms with van der Waals surface area (Å²) in [6.45, 7) is 4.04. The number of nitrogens with zero attached hydrogens (tertiary/aromatic N) is 7. The average molecular weight is 945 g/mol. The van der Waals surface area contributed by atoms with Crippen LogP contribution in [0.4, 0.5) is 14.6 Å². The molecule has 11 rings (SSSR count). The highest BCUT2D eigenvalue weighted by Gasteiger charge is 2.37. The molecule has 3 aromatic heterocycles. The lowest BCUT2D eigenvalue weighted by atomic mass is 9.96. The Morgan fingerprint density at radius 3 is 2.55 bits per heavy atom. The summed E-state index contributed by atoms with van der Waals surface area (Å²) in [6.07, 6.45) is 16.0. The summed E-state index contributed by atoms with van der Waals surface area (Å²) in [7, 11) is 3.17. The van der Waals surface area contributed by atoms with E-state index in [-0.39, 0.29) is 63.9 Å². The number of pyridine rings is 1. The van der Waals surface area contributed by atoms with E-state index in [1.807, 2.05) is 18.2 Å². The first-order valence-electron chi connectivity index (χ1n) is 23.3. The van der Waals surface area contributed by atoms with Gasteiger partial charge >= 0.3 is 11.7 Å². The summed E-state index contributed by atoms with van der Waals surface area (Å²) in [4.78, 5) is 63.4. The third-order valence-electron chi connectivity index (χ3n) is 14.1. The highest BCUT2D eigenvalue weighted by Crippen LogP contribution is 2.39. The van der Waals surface area contributed by atoms with Gasteiger partial charge in [0.2, 0.25) is 18.2 Å². The quantitative estimate of drug-likeness (QED) is 0.0688. The number of hydrogen-bond acceptors (Lipinski definition) is 13. The zero-order valence-electron chi connectivity index (χ0n) is 38.4. The second-order valence-corrected chi connectivity index (χ2v) is 18.1. The van der Waals surface area contributed by atoms with Gasteiger partial charge in [0.25, 0.3) is 0 Å². The summed E-state index contributed by atoms with van der Waals surface area (Å²) >= 11 is 0. The lowest BCUT2D eigenvalue weighted by Crippen LogP contribution is -2.51. The fourth-order valence-electron chi connectivity index (χ4n) is 11.0. The molecule has 19 heteroatoms. The van der Waals surface area contributed by atoms with E-state index in [2.05, 4.69) is 47.0 Å². The number of carbonyl (C=O) groups excluding carboxylic acids is 3. The van der Waals surface area contributed by atoms with Gasteiger partial charge in [-0.25, -0.2) is 13.6 Å². The molecule has 6 aromatic rings. The van der Waals surface area contributed by atoms with Crippen molar-refractivity contribution in [2.75, 3.05) is 44.9 Å². The number of carbonyl (C=O) groups is 3. The summed E-state index contributed by atoms with van der Waals surface area (Å²) in [6, 6.07) is 12.7. The van der Waals surface area contributed by atoms with Crippen molar-refractivity contribution >= 4 is 56.8 Å². The monoisotopic (exact) mass is 944 g/mol. The number of benzene rings is 3. The number of piperazine rings is 1.